The molecule has 31 heavy (non-hydrogen) atoms. The summed E-state index contributed by atoms with van der Waals surface area (Å²) in [6.07, 6.45) is 1.43. The van der Waals surface area contributed by atoms with Crippen LogP contribution in [0.15, 0.2) is 87.8 Å². The van der Waals surface area contributed by atoms with Gasteiger partial charge in [-0.1, -0.05) is 30.3 Å². The van der Waals surface area contributed by atoms with Crippen LogP contribution in [0.4, 0.5) is 10.1 Å². The second-order valence-electron chi connectivity index (χ2n) is 7.26. The number of sulfonamides is 1. The molecule has 3 aromatic rings. The average Bonchev–Trinajstić information content (AvgIpc) is 2.74. The van der Waals surface area contributed by atoms with Gasteiger partial charge in [0.05, 0.1) is 16.3 Å². The predicted molar refractivity (Wildman–Crippen MR) is 119 cm³/mol. The van der Waals surface area contributed by atoms with Gasteiger partial charge in [0, 0.05) is 16.8 Å². The minimum Gasteiger partial charge on any atom is -0.352 e. The van der Waals surface area contributed by atoms with Crippen LogP contribution in [0.2, 0.25) is 0 Å². The molecule has 3 aromatic carbocycles. The zero-order valence-corrected chi connectivity index (χ0v) is 17.7. The summed E-state index contributed by atoms with van der Waals surface area (Å²) in [5, 5.41) is 3.09. The van der Waals surface area contributed by atoms with Crippen LogP contribution in [0, 0.1) is 19.7 Å². The molecular weight excluding hydrogens is 415 g/mol. The number of rotatable bonds is 4. The summed E-state index contributed by atoms with van der Waals surface area (Å²) in [6.45, 7) is 3.96. The number of carbonyl (C=O) groups excluding carboxylic acids is 1. The van der Waals surface area contributed by atoms with Gasteiger partial charge < -0.3 is 5.32 Å². The van der Waals surface area contributed by atoms with Crippen molar-refractivity contribution < 1.29 is 17.6 Å². The third-order valence-electron chi connectivity index (χ3n) is 5.09. The van der Waals surface area contributed by atoms with Gasteiger partial charge in [-0.05, 0) is 67.4 Å². The Hall–Kier alpha value is -3.58. The number of ketones is 1. The van der Waals surface area contributed by atoms with Gasteiger partial charge in [-0.3, -0.25) is 4.79 Å². The Morgan fingerprint density at radius 2 is 1.55 bits per heavy atom. The molecule has 0 amide bonds. The molecule has 7 heteroatoms. The molecule has 1 aliphatic carbocycles. The Kier molecular flexibility index (Phi) is 5.29. The van der Waals surface area contributed by atoms with Gasteiger partial charge in [-0.15, -0.1) is 0 Å². The molecule has 0 fully saturated rings. The van der Waals surface area contributed by atoms with Crippen LogP contribution in [0.5, 0.6) is 0 Å². The summed E-state index contributed by atoms with van der Waals surface area (Å²) in [5.74, 6) is -0.799. The lowest BCUT2D eigenvalue weighted by molar-refractivity contribution is 0.103. The average molecular weight is 434 g/mol. The van der Waals surface area contributed by atoms with Gasteiger partial charge >= 0.3 is 0 Å². The highest BCUT2D eigenvalue weighted by Crippen LogP contribution is 2.26. The number of nitrogens with zero attached hydrogens (tertiary/aromatic N) is 1. The molecule has 1 aliphatic rings. The summed E-state index contributed by atoms with van der Waals surface area (Å²) in [5.41, 5.74) is 4.01. The smallest absolute Gasteiger partial charge is 0.282 e. The summed E-state index contributed by atoms with van der Waals surface area (Å²) in [6, 6.07) is 16.8. The van der Waals surface area contributed by atoms with E-state index in [1.807, 2.05) is 32.0 Å². The molecule has 1 N–H and O–H groups in total. The first kappa shape index (κ1) is 20.7. The van der Waals surface area contributed by atoms with E-state index in [1.165, 1.54) is 6.08 Å². The zero-order valence-electron chi connectivity index (χ0n) is 16.9. The molecular formula is C24H19FN2O3S. The lowest BCUT2D eigenvalue weighted by Gasteiger charge is -2.19. The van der Waals surface area contributed by atoms with Crippen LogP contribution < -0.4 is 5.32 Å². The summed E-state index contributed by atoms with van der Waals surface area (Å²) >= 11 is 0. The number of hydrogen-bond acceptors (Lipinski definition) is 4. The fourth-order valence-corrected chi connectivity index (χ4v) is 4.26. The molecule has 5 nitrogen and oxygen atoms in total. The first-order valence-electron chi connectivity index (χ1n) is 9.55. The van der Waals surface area contributed by atoms with Crippen LogP contribution in [-0.2, 0) is 10.0 Å². The molecule has 0 atom stereocenters. The van der Waals surface area contributed by atoms with E-state index in [2.05, 4.69) is 9.71 Å². The number of aryl methyl sites for hydroxylation is 2. The van der Waals surface area contributed by atoms with E-state index in [4.69, 9.17) is 0 Å². The number of allylic oxidation sites excluding steroid dienone is 2. The van der Waals surface area contributed by atoms with Gasteiger partial charge in [0.15, 0.2) is 0 Å². The molecule has 0 spiro atoms. The fraction of sp³-hybridized carbons (Fsp3) is 0.0833. The lowest BCUT2D eigenvalue weighted by Crippen LogP contribution is -2.22. The van der Waals surface area contributed by atoms with Crippen molar-refractivity contribution in [2.75, 3.05) is 5.32 Å². The fourth-order valence-electron chi connectivity index (χ4n) is 3.26. The van der Waals surface area contributed by atoms with Crippen LogP contribution in [0.3, 0.4) is 0 Å². The number of fused-ring (bicyclic) bond motifs is 1. The maximum atomic E-state index is 13.2. The van der Waals surface area contributed by atoms with Crippen molar-refractivity contribution in [1.82, 2.24) is 0 Å². The first-order chi connectivity index (χ1) is 14.7. The molecule has 156 valence electrons. The zero-order chi connectivity index (χ0) is 22.2. The molecule has 0 aromatic heterocycles. The quantitative estimate of drug-likeness (QED) is 0.639. The standard InChI is InChI=1S/C24H19FN2O3S/c1-15-7-10-18(13-16(15)2)26-23-14-22(20-5-3-4-6-21(20)24(23)28)27-31(29,30)19-11-8-17(25)9-12-19/h3-14,26H,1-2H3/b27-22-. The minimum absolute atomic E-state index is 0.130. The van der Waals surface area contributed by atoms with Crippen LogP contribution in [0.25, 0.3) is 0 Å². The van der Waals surface area contributed by atoms with Crippen molar-refractivity contribution in [2.45, 2.75) is 18.7 Å². The van der Waals surface area contributed by atoms with E-state index >= 15 is 0 Å². The number of hydrogen-bond donors (Lipinski definition) is 1. The predicted octanol–water partition coefficient (Wildman–Crippen LogP) is 4.81. The second-order valence-corrected chi connectivity index (χ2v) is 8.87. The Balaban J connectivity index is 1.80. The second kappa shape index (κ2) is 7.92. The number of nitrogens with one attached hydrogen (secondary N) is 1. The van der Waals surface area contributed by atoms with Gasteiger partial charge in [0.2, 0.25) is 5.78 Å². The van der Waals surface area contributed by atoms with E-state index in [-0.39, 0.29) is 22.1 Å². The monoisotopic (exact) mass is 434 g/mol. The van der Waals surface area contributed by atoms with Crippen molar-refractivity contribution in [3.8, 4) is 0 Å². The van der Waals surface area contributed by atoms with E-state index < -0.39 is 15.8 Å². The number of Topliss-reactive ketones (excluding diaryl/α,β-unsaturated/α-hetero) is 1. The number of anilines is 1. The lowest BCUT2D eigenvalue weighted by atomic mass is 9.92. The van der Waals surface area contributed by atoms with Gasteiger partial charge in [-0.25, -0.2) is 4.39 Å². The normalized spacial score (nSPS) is 14.9. The van der Waals surface area contributed by atoms with E-state index in [0.29, 0.717) is 16.8 Å². The summed E-state index contributed by atoms with van der Waals surface area (Å²) in [7, 11) is -4.11. The number of benzene rings is 3. The van der Waals surface area contributed by atoms with Crippen molar-refractivity contribution in [2.24, 2.45) is 4.40 Å². The molecule has 0 saturated heterocycles. The van der Waals surface area contributed by atoms with Gasteiger partial charge in [0.1, 0.15) is 5.82 Å². The summed E-state index contributed by atoms with van der Waals surface area (Å²) in [4.78, 5) is 12.9. The van der Waals surface area contributed by atoms with Crippen molar-refractivity contribution >= 4 is 27.2 Å². The highest BCUT2D eigenvalue weighted by atomic mass is 32.2. The number of carbonyl (C=O) groups is 1. The highest BCUT2D eigenvalue weighted by molar-refractivity contribution is 7.90. The van der Waals surface area contributed by atoms with Gasteiger partial charge in [0.25, 0.3) is 10.0 Å². The molecule has 0 unspecified atom stereocenters. The largest absolute Gasteiger partial charge is 0.352 e. The minimum atomic E-state index is -4.11. The Labute approximate surface area is 180 Å². The molecule has 0 radical (unpaired) electrons. The van der Waals surface area contributed by atoms with Crippen LogP contribution in [0.1, 0.15) is 27.0 Å². The van der Waals surface area contributed by atoms with Crippen LogP contribution in [-0.4, -0.2) is 19.9 Å². The van der Waals surface area contributed by atoms with Crippen molar-refractivity contribution in [3.63, 3.8) is 0 Å². The Morgan fingerprint density at radius 3 is 2.23 bits per heavy atom. The SMILES string of the molecule is Cc1ccc(NC2=C/C(=N/S(=O)(=O)c3ccc(F)cc3)c3ccccc3C2=O)cc1C. The molecule has 0 saturated carbocycles. The highest BCUT2D eigenvalue weighted by Gasteiger charge is 2.26. The van der Waals surface area contributed by atoms with E-state index in [0.717, 1.165) is 35.4 Å². The van der Waals surface area contributed by atoms with E-state index in [1.54, 1.807) is 24.3 Å². The van der Waals surface area contributed by atoms with Crippen molar-refractivity contribution in [3.05, 3.63) is 107 Å². The topological polar surface area (TPSA) is 75.6 Å². The number of halogens is 1. The molecule has 4 rings (SSSR count). The third kappa shape index (κ3) is 4.18. The summed E-state index contributed by atoms with van der Waals surface area (Å²) < 4.78 is 42.8. The maximum absolute atomic E-state index is 13.2. The first-order valence-corrected chi connectivity index (χ1v) is 11.0. The molecule has 0 aliphatic heterocycles. The molecule has 0 bridgehead atoms. The van der Waals surface area contributed by atoms with E-state index in [9.17, 15) is 17.6 Å². The maximum Gasteiger partial charge on any atom is 0.282 e. The Morgan fingerprint density at radius 1 is 0.871 bits per heavy atom. The molecule has 0 heterocycles. The van der Waals surface area contributed by atoms with Crippen LogP contribution >= 0.6 is 0 Å². The third-order valence-corrected chi connectivity index (χ3v) is 6.39. The van der Waals surface area contributed by atoms with Gasteiger partial charge in [-0.2, -0.15) is 12.8 Å². The Bertz CT molecular complexity index is 1360. The van der Waals surface area contributed by atoms with Crippen molar-refractivity contribution in [1.29, 1.82) is 0 Å².